The van der Waals surface area contributed by atoms with Gasteiger partial charge in [0.1, 0.15) is 6.04 Å². The number of hydrogen-bond donors (Lipinski definition) is 1. The molecule has 1 amide bonds. The van der Waals surface area contributed by atoms with Gasteiger partial charge in [0.05, 0.1) is 14.2 Å². The number of nitrogens with one attached hydrogen (secondary N) is 1. The first kappa shape index (κ1) is 13.2. The average molecular weight is 276 g/mol. The summed E-state index contributed by atoms with van der Waals surface area (Å²) in [7, 11) is 0.710. The van der Waals surface area contributed by atoms with Crippen LogP contribution in [0.4, 0.5) is 0 Å². The normalized spacial score (nSPS) is 34.5. The van der Waals surface area contributed by atoms with E-state index in [2.05, 4.69) is 9.99 Å². The van der Waals surface area contributed by atoms with Crippen molar-refractivity contribution in [3.63, 3.8) is 0 Å². The van der Waals surface area contributed by atoms with Crippen molar-refractivity contribution in [3.8, 4) is 0 Å². The van der Waals surface area contributed by atoms with E-state index in [9.17, 15) is 9.59 Å². The summed E-state index contributed by atoms with van der Waals surface area (Å²) in [4.78, 5) is 23.8. The van der Waals surface area contributed by atoms with Crippen molar-refractivity contribution >= 4 is 29.4 Å². The van der Waals surface area contributed by atoms with Gasteiger partial charge in [0.25, 0.3) is 0 Å². The summed E-state index contributed by atoms with van der Waals surface area (Å²) in [5, 5.41) is 2.88. The molecule has 2 aliphatic heterocycles. The summed E-state index contributed by atoms with van der Waals surface area (Å²) in [5.41, 5.74) is -0.344. The van der Waals surface area contributed by atoms with Crippen LogP contribution in [0.5, 0.6) is 0 Å². The van der Waals surface area contributed by atoms with E-state index in [1.54, 1.807) is 0 Å². The fourth-order valence-corrected chi connectivity index (χ4v) is 3.96. The van der Waals surface area contributed by atoms with Crippen molar-refractivity contribution in [1.29, 1.82) is 0 Å². The van der Waals surface area contributed by atoms with Gasteiger partial charge < -0.3 is 9.84 Å². The fourth-order valence-electron chi connectivity index (χ4n) is 2.66. The molecule has 96 valence electrons. The molecule has 0 saturated carbocycles. The molecule has 0 aromatic rings. The van der Waals surface area contributed by atoms with Crippen molar-refractivity contribution in [1.82, 2.24) is 9.99 Å². The van der Waals surface area contributed by atoms with Crippen LogP contribution in [0.15, 0.2) is 0 Å². The molecular formula is C10H18N2O3P2. The minimum absolute atomic E-state index is 0.106. The monoisotopic (exact) mass is 276 g/mol. The summed E-state index contributed by atoms with van der Waals surface area (Å²) in [6.07, 6.45) is 1.45. The lowest BCUT2D eigenvalue weighted by molar-refractivity contribution is -0.137. The maximum atomic E-state index is 11.9. The predicted molar refractivity (Wildman–Crippen MR) is 69.7 cm³/mol. The molecule has 2 heterocycles. The molecule has 0 aromatic heterocycles. The maximum Gasteiger partial charge on any atom is 0.326 e. The summed E-state index contributed by atoms with van der Waals surface area (Å²) in [6, 6.07) is -0.227. The Hall–Kier alpha value is -0.240. The molecule has 2 aliphatic rings. The van der Waals surface area contributed by atoms with Gasteiger partial charge in [-0.2, -0.15) is 0 Å². The van der Waals surface area contributed by atoms with Crippen molar-refractivity contribution < 1.29 is 14.1 Å². The number of nitrogens with zero attached hydrogens (tertiary/aromatic N) is 1. The number of hydrogen-bond acceptors (Lipinski definition) is 4. The zero-order valence-corrected chi connectivity index (χ0v) is 12.1. The molecule has 5 nitrogen and oxygen atoms in total. The third-order valence-electron chi connectivity index (χ3n) is 3.57. The Labute approximate surface area is 105 Å². The second-order valence-corrected chi connectivity index (χ2v) is 6.12. The average Bonchev–Trinajstić information content (AvgIpc) is 2.85. The molecule has 0 aliphatic carbocycles. The molecule has 7 heteroatoms. The summed E-state index contributed by atoms with van der Waals surface area (Å²) >= 11 is 0. The van der Waals surface area contributed by atoms with Gasteiger partial charge in [-0.3, -0.25) is 14.3 Å². The Morgan fingerprint density at radius 2 is 2.35 bits per heavy atom. The number of carbonyl (C=O) groups excluding carboxylic acids is 2. The number of amides is 1. The molecule has 0 radical (unpaired) electrons. The van der Waals surface area contributed by atoms with Gasteiger partial charge in [0.15, 0.2) is 0 Å². The summed E-state index contributed by atoms with van der Waals surface area (Å²) < 4.78 is 7.21. The van der Waals surface area contributed by atoms with E-state index in [1.165, 1.54) is 0 Å². The van der Waals surface area contributed by atoms with Crippen LogP contribution in [0.2, 0.25) is 0 Å². The lowest BCUT2D eigenvalue weighted by Gasteiger charge is -2.20. The quantitative estimate of drug-likeness (QED) is 0.765. The lowest BCUT2D eigenvalue weighted by Crippen LogP contribution is -2.32. The zero-order valence-electron chi connectivity index (χ0n) is 10.1. The molecule has 2 rings (SSSR count). The van der Waals surface area contributed by atoms with E-state index >= 15 is 0 Å². The third-order valence-corrected chi connectivity index (χ3v) is 5.02. The van der Waals surface area contributed by atoms with Gasteiger partial charge in [0.2, 0.25) is 5.91 Å². The van der Waals surface area contributed by atoms with Gasteiger partial charge in [-0.15, -0.1) is 0 Å². The Morgan fingerprint density at radius 1 is 1.59 bits per heavy atom. The van der Waals surface area contributed by atoms with Crippen LogP contribution >= 0.6 is 17.5 Å². The molecule has 1 N–H and O–H groups in total. The molecule has 4 unspecified atom stereocenters. The molecule has 1 spiro atoms. The highest BCUT2D eigenvalue weighted by Gasteiger charge is 2.53. The zero-order chi connectivity index (χ0) is 12.5. The van der Waals surface area contributed by atoms with E-state index in [-0.39, 0.29) is 32.1 Å². The topological polar surface area (TPSA) is 58.6 Å². The van der Waals surface area contributed by atoms with Gasteiger partial charge in [0, 0.05) is 13.1 Å². The Morgan fingerprint density at radius 3 is 2.88 bits per heavy atom. The van der Waals surface area contributed by atoms with Crippen LogP contribution in [0.1, 0.15) is 12.8 Å². The van der Waals surface area contributed by atoms with Gasteiger partial charge in [-0.25, -0.2) is 0 Å². The second-order valence-electron chi connectivity index (χ2n) is 4.48. The van der Waals surface area contributed by atoms with Gasteiger partial charge in [-0.05, 0) is 26.2 Å². The van der Waals surface area contributed by atoms with Crippen molar-refractivity contribution in [2.24, 2.45) is 5.41 Å². The van der Waals surface area contributed by atoms with Crippen molar-refractivity contribution in [2.45, 2.75) is 18.9 Å². The highest BCUT2D eigenvalue weighted by molar-refractivity contribution is 7.34. The van der Waals surface area contributed by atoms with E-state index in [0.29, 0.717) is 21.7 Å². The van der Waals surface area contributed by atoms with Gasteiger partial charge >= 0.3 is 5.97 Å². The second kappa shape index (κ2) is 5.17. The van der Waals surface area contributed by atoms with E-state index in [0.717, 1.165) is 13.0 Å². The van der Waals surface area contributed by atoms with Crippen molar-refractivity contribution in [2.75, 3.05) is 26.4 Å². The SMILES string of the molecule is CPOC(=O)C1CC2(CCNC2=O)CN1PC. The minimum Gasteiger partial charge on any atom is -0.447 e. The fraction of sp³-hybridized carbons (Fsp3) is 0.800. The Bertz CT molecular complexity index is 340. The first-order valence-corrected chi connectivity index (χ1v) is 8.58. The third kappa shape index (κ3) is 2.33. The largest absolute Gasteiger partial charge is 0.447 e. The lowest BCUT2D eigenvalue weighted by atomic mass is 9.84. The molecule has 0 bridgehead atoms. The standard InChI is InChI=1S/C10H18N2O3P2/c1-16-12-6-10(3-4-11-9(10)14)5-7(12)8(13)15-17-2/h7,16-17H,3-6H2,1-2H3,(H,11,14). The predicted octanol–water partition coefficient (Wildman–Crippen LogP) is 0.557. The molecular weight excluding hydrogens is 258 g/mol. The minimum atomic E-state index is -0.344. The molecule has 0 aromatic carbocycles. The first-order chi connectivity index (χ1) is 8.13. The first-order valence-electron chi connectivity index (χ1n) is 5.73. The van der Waals surface area contributed by atoms with Crippen LogP contribution in [-0.2, 0) is 14.1 Å². The summed E-state index contributed by atoms with van der Waals surface area (Å²) in [5.74, 6) is -0.0632. The van der Waals surface area contributed by atoms with Crippen LogP contribution in [0.3, 0.4) is 0 Å². The highest BCUT2D eigenvalue weighted by Crippen LogP contribution is 2.44. The van der Waals surface area contributed by atoms with Crippen molar-refractivity contribution in [3.05, 3.63) is 0 Å². The maximum absolute atomic E-state index is 11.9. The number of carbonyl (C=O) groups is 2. The van der Waals surface area contributed by atoms with Crippen LogP contribution in [0, 0.1) is 5.41 Å². The molecule has 4 atom stereocenters. The molecule has 17 heavy (non-hydrogen) atoms. The molecule has 2 saturated heterocycles. The van der Waals surface area contributed by atoms with E-state index in [1.807, 2.05) is 13.3 Å². The smallest absolute Gasteiger partial charge is 0.326 e. The summed E-state index contributed by atoms with van der Waals surface area (Å²) in [6.45, 7) is 5.31. The van der Waals surface area contributed by atoms with Crippen LogP contribution in [0.25, 0.3) is 0 Å². The molecule has 2 fully saturated rings. The Balaban J connectivity index is 2.13. The van der Waals surface area contributed by atoms with E-state index in [4.69, 9.17) is 4.52 Å². The Kier molecular flexibility index (Phi) is 4.02. The van der Waals surface area contributed by atoms with Crippen LogP contribution < -0.4 is 5.32 Å². The highest BCUT2D eigenvalue weighted by atomic mass is 31.1. The number of rotatable bonds is 3. The van der Waals surface area contributed by atoms with E-state index < -0.39 is 0 Å². The van der Waals surface area contributed by atoms with Gasteiger partial charge in [-0.1, -0.05) is 8.73 Å². The van der Waals surface area contributed by atoms with Crippen LogP contribution in [-0.4, -0.2) is 49.0 Å².